The second kappa shape index (κ2) is 8.47. The fourth-order valence-electron chi connectivity index (χ4n) is 1.91. The molecule has 0 saturated carbocycles. The third-order valence-corrected chi connectivity index (χ3v) is 3.00. The normalized spacial score (nSPS) is 10.8. The fourth-order valence-corrected chi connectivity index (χ4v) is 1.91. The van der Waals surface area contributed by atoms with Crippen LogP contribution < -0.4 is 5.32 Å². The fraction of sp³-hybridized carbons (Fsp3) is 0.250. The molecule has 1 aromatic heterocycles. The molecule has 0 aliphatic rings. The molecule has 1 amide bonds. The van der Waals surface area contributed by atoms with Crippen LogP contribution in [0.1, 0.15) is 24.1 Å². The summed E-state index contributed by atoms with van der Waals surface area (Å²) in [5.74, 6) is -1.08. The summed E-state index contributed by atoms with van der Waals surface area (Å²) in [4.78, 5) is 22.2. The zero-order chi connectivity index (χ0) is 16.5. The van der Waals surface area contributed by atoms with E-state index in [1.165, 1.54) is 10.9 Å². The van der Waals surface area contributed by atoms with E-state index < -0.39 is 5.97 Å². The van der Waals surface area contributed by atoms with Crippen LogP contribution >= 0.6 is 0 Å². The molecule has 0 bridgehead atoms. The van der Waals surface area contributed by atoms with Crippen LogP contribution in [0.25, 0.3) is 6.08 Å². The summed E-state index contributed by atoms with van der Waals surface area (Å²) in [6.45, 7) is -0.00786. The number of carboxylic acid groups (broad SMARTS) is 1. The Morgan fingerprint density at radius 2 is 2.04 bits per heavy atom. The van der Waals surface area contributed by atoms with E-state index in [0.29, 0.717) is 18.5 Å². The first-order valence-electron chi connectivity index (χ1n) is 7.22. The lowest BCUT2D eigenvalue weighted by molar-refractivity contribution is -0.138. The highest BCUT2D eigenvalue weighted by Crippen LogP contribution is 2.03. The van der Waals surface area contributed by atoms with Crippen molar-refractivity contribution < 1.29 is 14.7 Å². The minimum atomic E-state index is -0.990. The Kier molecular flexibility index (Phi) is 6.05. The quantitative estimate of drug-likeness (QED) is 0.769. The van der Waals surface area contributed by atoms with Gasteiger partial charge in [-0.15, -0.1) is 5.10 Å². The number of hydrogen-bond acceptors (Lipinski definition) is 4. The first-order valence-corrected chi connectivity index (χ1v) is 7.22. The number of aliphatic carboxylic acids is 1. The average Bonchev–Trinajstić information content (AvgIpc) is 2.97. The number of nitrogens with one attached hydrogen (secondary N) is 1. The Balaban J connectivity index is 1.68. The number of amides is 1. The van der Waals surface area contributed by atoms with Crippen molar-refractivity contribution in [1.82, 2.24) is 20.3 Å². The highest BCUT2D eigenvalue weighted by Gasteiger charge is 2.05. The van der Waals surface area contributed by atoms with Crippen LogP contribution in [0.3, 0.4) is 0 Å². The zero-order valence-corrected chi connectivity index (χ0v) is 12.6. The Morgan fingerprint density at radius 1 is 1.26 bits per heavy atom. The molecule has 0 aliphatic heterocycles. The molecule has 2 aromatic rings. The predicted octanol–water partition coefficient (Wildman–Crippen LogP) is 1.47. The zero-order valence-electron chi connectivity index (χ0n) is 12.6. The molecule has 1 aromatic carbocycles. The molecule has 0 saturated heterocycles. The van der Waals surface area contributed by atoms with E-state index in [9.17, 15) is 9.59 Å². The van der Waals surface area contributed by atoms with E-state index in [1.807, 2.05) is 42.5 Å². The maximum Gasteiger partial charge on any atom is 0.325 e. The number of carbonyl (C=O) groups is 2. The largest absolute Gasteiger partial charge is 0.480 e. The maximum absolute atomic E-state index is 11.7. The topological polar surface area (TPSA) is 97.1 Å². The summed E-state index contributed by atoms with van der Waals surface area (Å²) < 4.78 is 1.21. The van der Waals surface area contributed by atoms with Crippen LogP contribution in [0, 0.1) is 0 Å². The molecule has 0 fully saturated rings. The molecular weight excluding hydrogens is 296 g/mol. The van der Waals surface area contributed by atoms with Crippen molar-refractivity contribution in [3.05, 3.63) is 53.9 Å². The van der Waals surface area contributed by atoms with Gasteiger partial charge in [0.1, 0.15) is 12.2 Å². The summed E-state index contributed by atoms with van der Waals surface area (Å²) in [6, 6.07) is 9.87. The molecule has 0 atom stereocenters. The van der Waals surface area contributed by atoms with Gasteiger partial charge in [-0.3, -0.25) is 9.59 Å². The average molecular weight is 314 g/mol. The van der Waals surface area contributed by atoms with Crippen LogP contribution in [-0.4, -0.2) is 32.0 Å². The molecule has 2 rings (SSSR count). The number of benzene rings is 1. The lowest BCUT2D eigenvalue weighted by Crippen LogP contribution is -2.22. The predicted molar refractivity (Wildman–Crippen MR) is 84.2 cm³/mol. The number of rotatable bonds is 8. The van der Waals surface area contributed by atoms with Gasteiger partial charge in [0.2, 0.25) is 5.91 Å². The van der Waals surface area contributed by atoms with Gasteiger partial charge in [-0.2, -0.15) is 0 Å². The highest BCUT2D eigenvalue weighted by atomic mass is 16.4. The summed E-state index contributed by atoms with van der Waals surface area (Å²) in [5.41, 5.74) is 1.63. The number of carbonyl (C=O) groups excluding carboxylic acids is 1. The van der Waals surface area contributed by atoms with Gasteiger partial charge < -0.3 is 10.4 Å². The third-order valence-electron chi connectivity index (χ3n) is 3.00. The van der Waals surface area contributed by atoms with Gasteiger partial charge in [-0.1, -0.05) is 47.7 Å². The van der Waals surface area contributed by atoms with Crippen molar-refractivity contribution in [1.29, 1.82) is 0 Å². The lowest BCUT2D eigenvalue weighted by Gasteiger charge is -2.00. The molecular formula is C16H18N4O3. The van der Waals surface area contributed by atoms with E-state index in [4.69, 9.17) is 5.11 Å². The summed E-state index contributed by atoms with van der Waals surface area (Å²) in [6.07, 6.45) is 6.46. The minimum Gasteiger partial charge on any atom is -0.480 e. The Hall–Kier alpha value is -2.96. The van der Waals surface area contributed by atoms with E-state index in [1.54, 1.807) is 0 Å². The molecule has 2 N–H and O–H groups in total. The Labute approximate surface area is 133 Å². The smallest absolute Gasteiger partial charge is 0.325 e. The number of nitrogens with zero attached hydrogens (tertiary/aromatic N) is 3. The molecule has 1 heterocycles. The number of allylic oxidation sites excluding steroid dienone is 1. The van der Waals surface area contributed by atoms with Crippen molar-refractivity contribution >= 4 is 18.0 Å². The van der Waals surface area contributed by atoms with Crippen molar-refractivity contribution in [2.24, 2.45) is 0 Å². The first kappa shape index (κ1) is 16.4. The molecule has 0 unspecified atom stereocenters. The first-order chi connectivity index (χ1) is 11.1. The van der Waals surface area contributed by atoms with Crippen molar-refractivity contribution in [2.75, 3.05) is 0 Å². The van der Waals surface area contributed by atoms with Gasteiger partial charge in [0.25, 0.3) is 0 Å². The molecule has 120 valence electrons. The monoisotopic (exact) mass is 314 g/mol. The SMILES string of the molecule is O=C(O)Cn1cc(CNC(=O)CC/C=C/c2ccccc2)nn1. The molecule has 23 heavy (non-hydrogen) atoms. The summed E-state index contributed by atoms with van der Waals surface area (Å²) in [5, 5.41) is 18.8. The highest BCUT2D eigenvalue weighted by molar-refractivity contribution is 5.76. The molecule has 7 heteroatoms. The van der Waals surface area contributed by atoms with Crippen molar-refractivity contribution in [3.8, 4) is 0 Å². The van der Waals surface area contributed by atoms with E-state index >= 15 is 0 Å². The standard InChI is InChI=1S/C16H18N4O3/c21-15(9-5-4-8-13-6-2-1-3-7-13)17-10-14-11-20(19-18-14)12-16(22)23/h1-4,6-8,11H,5,9-10,12H2,(H,17,21)(H,22,23)/b8-4+. The van der Waals surface area contributed by atoms with Crippen LogP contribution in [-0.2, 0) is 22.7 Å². The maximum atomic E-state index is 11.7. The Morgan fingerprint density at radius 3 is 2.78 bits per heavy atom. The van der Waals surface area contributed by atoms with Crippen molar-refractivity contribution in [2.45, 2.75) is 25.9 Å². The Bertz CT molecular complexity index is 680. The molecule has 0 spiro atoms. The second-order valence-electron chi connectivity index (χ2n) is 4.93. The minimum absolute atomic E-state index is 0.0875. The van der Waals surface area contributed by atoms with Gasteiger partial charge in [0, 0.05) is 6.42 Å². The van der Waals surface area contributed by atoms with Crippen LogP contribution in [0.15, 0.2) is 42.6 Å². The van der Waals surface area contributed by atoms with Gasteiger partial charge in [0.05, 0.1) is 12.7 Å². The third kappa shape index (κ3) is 6.13. The van der Waals surface area contributed by atoms with Crippen molar-refractivity contribution in [3.63, 3.8) is 0 Å². The summed E-state index contributed by atoms with van der Waals surface area (Å²) >= 11 is 0. The number of aromatic nitrogens is 3. The van der Waals surface area contributed by atoms with Crippen LogP contribution in [0.4, 0.5) is 0 Å². The van der Waals surface area contributed by atoms with E-state index in [2.05, 4.69) is 15.6 Å². The molecule has 0 aliphatic carbocycles. The molecule has 7 nitrogen and oxygen atoms in total. The van der Waals surface area contributed by atoms with E-state index in [0.717, 1.165) is 5.56 Å². The van der Waals surface area contributed by atoms with E-state index in [-0.39, 0.29) is 19.0 Å². The van der Waals surface area contributed by atoms with Gasteiger partial charge in [0.15, 0.2) is 0 Å². The number of hydrogen-bond donors (Lipinski definition) is 2. The van der Waals surface area contributed by atoms with Crippen LogP contribution in [0.5, 0.6) is 0 Å². The van der Waals surface area contributed by atoms with Crippen LogP contribution in [0.2, 0.25) is 0 Å². The van der Waals surface area contributed by atoms with Gasteiger partial charge in [-0.05, 0) is 12.0 Å². The number of carboxylic acids is 1. The molecule has 0 radical (unpaired) electrons. The van der Waals surface area contributed by atoms with Gasteiger partial charge >= 0.3 is 5.97 Å². The summed E-state index contributed by atoms with van der Waals surface area (Å²) in [7, 11) is 0. The second-order valence-corrected chi connectivity index (χ2v) is 4.93. The van der Waals surface area contributed by atoms with Gasteiger partial charge in [-0.25, -0.2) is 4.68 Å². The lowest BCUT2D eigenvalue weighted by atomic mass is 10.2.